The van der Waals surface area contributed by atoms with Gasteiger partial charge in [0, 0.05) is 13.5 Å². The van der Waals surface area contributed by atoms with Gasteiger partial charge in [0.15, 0.2) is 0 Å². The van der Waals surface area contributed by atoms with Gasteiger partial charge in [-0.3, -0.25) is 4.79 Å². The summed E-state index contributed by atoms with van der Waals surface area (Å²) in [5, 5.41) is 2.77. The number of benzene rings is 2. The maximum Gasteiger partial charge on any atom is 0.243 e. The van der Waals surface area contributed by atoms with Gasteiger partial charge in [-0.05, 0) is 17.7 Å². The van der Waals surface area contributed by atoms with Crippen LogP contribution in [0.25, 0.3) is 0 Å². The van der Waals surface area contributed by atoms with Crippen LogP contribution in [-0.4, -0.2) is 32.3 Å². The molecule has 0 spiro atoms. The fourth-order valence-electron chi connectivity index (χ4n) is 2.10. The van der Waals surface area contributed by atoms with Crippen LogP contribution in [0, 0.1) is 0 Å². The zero-order valence-electron chi connectivity index (χ0n) is 13.6. The molecular weight excluding hydrogens is 328 g/mol. The second kappa shape index (κ2) is 10.6. The van der Waals surface area contributed by atoms with E-state index in [9.17, 15) is 4.79 Å². The highest BCUT2D eigenvalue weighted by molar-refractivity contribution is 5.96. The molecule has 130 valence electrons. The maximum atomic E-state index is 12.0. The highest BCUT2D eigenvalue weighted by Gasteiger charge is 2.15. The van der Waals surface area contributed by atoms with E-state index in [-0.39, 0.29) is 24.9 Å². The maximum absolute atomic E-state index is 12.0. The fourth-order valence-corrected chi connectivity index (χ4v) is 2.10. The smallest absolute Gasteiger partial charge is 0.243 e. The Kier molecular flexibility index (Phi) is 8.86. The molecule has 1 amide bonds. The van der Waals surface area contributed by atoms with E-state index in [1.807, 2.05) is 36.4 Å². The van der Waals surface area contributed by atoms with Crippen LogP contribution in [-0.2, 0) is 16.0 Å². The number of nitrogens with one attached hydrogen (secondary N) is 1. The average molecular weight is 351 g/mol. The molecule has 0 aromatic heterocycles. The van der Waals surface area contributed by atoms with Crippen LogP contribution in [0.3, 0.4) is 0 Å². The molecule has 0 saturated heterocycles. The molecule has 3 N–H and O–H groups in total. The number of halogens is 1. The van der Waals surface area contributed by atoms with Gasteiger partial charge in [-0.1, -0.05) is 42.5 Å². The molecule has 0 heterocycles. The molecule has 0 aliphatic heterocycles. The Hall–Kier alpha value is -2.08. The van der Waals surface area contributed by atoms with Crippen LogP contribution < -0.4 is 15.8 Å². The number of amides is 1. The first-order valence-corrected chi connectivity index (χ1v) is 7.52. The van der Waals surface area contributed by atoms with E-state index >= 15 is 0 Å². The Morgan fingerprint density at radius 2 is 1.79 bits per heavy atom. The standard InChI is InChI=1S/C18H22N2O3.ClH/c1-22-13-15(19)18(21)20-16-9-5-6-10-17(16)23-12-11-14-7-3-2-4-8-14;/h2-10,15H,11-13,19H2,1H3,(H,20,21);1H. The first-order chi connectivity index (χ1) is 11.2. The van der Waals surface area contributed by atoms with Gasteiger partial charge in [-0.2, -0.15) is 0 Å². The number of carbonyl (C=O) groups excluding carboxylic acids is 1. The Morgan fingerprint density at radius 1 is 1.12 bits per heavy atom. The normalized spacial score (nSPS) is 11.2. The number of ether oxygens (including phenoxy) is 2. The fraction of sp³-hybridized carbons (Fsp3) is 0.278. The number of nitrogens with two attached hydrogens (primary N) is 1. The van der Waals surface area contributed by atoms with Crippen molar-refractivity contribution in [1.29, 1.82) is 0 Å². The highest BCUT2D eigenvalue weighted by atomic mass is 35.5. The molecule has 2 rings (SSSR count). The summed E-state index contributed by atoms with van der Waals surface area (Å²) in [5.41, 5.74) is 7.54. The SMILES string of the molecule is COCC(N)C(=O)Nc1ccccc1OCCc1ccccc1.Cl. The number of rotatable bonds is 8. The second-order valence-electron chi connectivity index (χ2n) is 5.13. The van der Waals surface area contributed by atoms with Crippen molar-refractivity contribution in [2.45, 2.75) is 12.5 Å². The molecule has 0 aliphatic carbocycles. The highest BCUT2D eigenvalue weighted by Crippen LogP contribution is 2.24. The lowest BCUT2D eigenvalue weighted by molar-refractivity contribution is -0.118. The molecule has 0 fully saturated rings. The molecule has 0 bridgehead atoms. The van der Waals surface area contributed by atoms with Crippen molar-refractivity contribution in [3.8, 4) is 5.75 Å². The molecule has 2 aromatic carbocycles. The van der Waals surface area contributed by atoms with Gasteiger partial charge in [0.25, 0.3) is 0 Å². The minimum atomic E-state index is -0.711. The van der Waals surface area contributed by atoms with Crippen LogP contribution in [0.2, 0.25) is 0 Å². The quantitative estimate of drug-likeness (QED) is 0.767. The first kappa shape index (κ1) is 20.0. The van der Waals surface area contributed by atoms with Crippen molar-refractivity contribution in [2.24, 2.45) is 5.73 Å². The van der Waals surface area contributed by atoms with Crippen LogP contribution in [0.5, 0.6) is 5.75 Å². The van der Waals surface area contributed by atoms with Crippen molar-refractivity contribution in [1.82, 2.24) is 0 Å². The van der Waals surface area contributed by atoms with E-state index < -0.39 is 6.04 Å². The van der Waals surface area contributed by atoms with Gasteiger partial charge in [0.05, 0.1) is 18.9 Å². The lowest BCUT2D eigenvalue weighted by Gasteiger charge is -2.15. The summed E-state index contributed by atoms with van der Waals surface area (Å²) in [5.74, 6) is 0.326. The first-order valence-electron chi connectivity index (χ1n) is 7.52. The van der Waals surface area contributed by atoms with Crippen LogP contribution in [0.15, 0.2) is 54.6 Å². The monoisotopic (exact) mass is 350 g/mol. The second-order valence-corrected chi connectivity index (χ2v) is 5.13. The number of anilines is 1. The third-order valence-electron chi connectivity index (χ3n) is 3.32. The molecule has 1 unspecified atom stereocenters. The molecular formula is C18H23ClN2O3. The van der Waals surface area contributed by atoms with Gasteiger partial charge >= 0.3 is 0 Å². The molecule has 5 nitrogen and oxygen atoms in total. The van der Waals surface area contributed by atoms with Crippen molar-refractivity contribution >= 4 is 24.0 Å². The van der Waals surface area contributed by atoms with Crippen LogP contribution >= 0.6 is 12.4 Å². The zero-order valence-corrected chi connectivity index (χ0v) is 14.4. The summed E-state index contributed by atoms with van der Waals surface area (Å²) >= 11 is 0. The molecule has 24 heavy (non-hydrogen) atoms. The summed E-state index contributed by atoms with van der Waals surface area (Å²) in [6.07, 6.45) is 0.798. The van der Waals surface area contributed by atoms with E-state index in [1.165, 1.54) is 12.7 Å². The van der Waals surface area contributed by atoms with Crippen molar-refractivity contribution < 1.29 is 14.3 Å². The third kappa shape index (κ3) is 6.20. The van der Waals surface area contributed by atoms with E-state index in [2.05, 4.69) is 17.4 Å². The molecule has 1 atom stereocenters. The van der Waals surface area contributed by atoms with E-state index in [1.54, 1.807) is 6.07 Å². The van der Waals surface area contributed by atoms with Gasteiger partial charge in [-0.15, -0.1) is 12.4 Å². The van der Waals surface area contributed by atoms with E-state index in [0.29, 0.717) is 18.0 Å². The average Bonchev–Trinajstić information content (AvgIpc) is 2.57. The van der Waals surface area contributed by atoms with E-state index in [4.69, 9.17) is 15.2 Å². The molecule has 0 saturated carbocycles. The summed E-state index contributed by atoms with van der Waals surface area (Å²) in [4.78, 5) is 12.0. The number of hydrogen-bond donors (Lipinski definition) is 2. The minimum absolute atomic E-state index is 0. The lowest BCUT2D eigenvalue weighted by Crippen LogP contribution is -2.39. The van der Waals surface area contributed by atoms with Gasteiger partial charge < -0.3 is 20.5 Å². The largest absolute Gasteiger partial charge is 0.491 e. The zero-order chi connectivity index (χ0) is 16.5. The molecule has 0 radical (unpaired) electrons. The molecule has 6 heteroatoms. The summed E-state index contributed by atoms with van der Waals surface area (Å²) in [7, 11) is 1.51. The predicted molar refractivity (Wildman–Crippen MR) is 97.8 cm³/mol. The summed E-state index contributed by atoms with van der Waals surface area (Å²) in [6.45, 7) is 0.698. The van der Waals surface area contributed by atoms with Gasteiger partial charge in [0.2, 0.25) is 5.91 Å². The Morgan fingerprint density at radius 3 is 2.50 bits per heavy atom. The number of carbonyl (C=O) groups is 1. The van der Waals surface area contributed by atoms with Crippen molar-refractivity contribution in [3.05, 3.63) is 60.2 Å². The minimum Gasteiger partial charge on any atom is -0.491 e. The van der Waals surface area contributed by atoms with Crippen molar-refractivity contribution in [2.75, 3.05) is 25.6 Å². The lowest BCUT2D eigenvalue weighted by atomic mass is 10.2. The number of methoxy groups -OCH3 is 1. The van der Waals surface area contributed by atoms with Gasteiger partial charge in [0.1, 0.15) is 11.8 Å². The number of hydrogen-bond acceptors (Lipinski definition) is 4. The van der Waals surface area contributed by atoms with Gasteiger partial charge in [-0.25, -0.2) is 0 Å². The third-order valence-corrected chi connectivity index (χ3v) is 3.32. The van der Waals surface area contributed by atoms with E-state index in [0.717, 1.165) is 6.42 Å². The van der Waals surface area contributed by atoms with Crippen molar-refractivity contribution in [3.63, 3.8) is 0 Å². The van der Waals surface area contributed by atoms with Crippen LogP contribution in [0.1, 0.15) is 5.56 Å². The Balaban J connectivity index is 0.00000288. The summed E-state index contributed by atoms with van der Waals surface area (Å²) < 4.78 is 10.7. The predicted octanol–water partition coefficient (Wildman–Crippen LogP) is 2.64. The molecule has 2 aromatic rings. The number of para-hydroxylation sites is 2. The topological polar surface area (TPSA) is 73.6 Å². The summed E-state index contributed by atoms with van der Waals surface area (Å²) in [6, 6.07) is 16.7. The Bertz CT molecular complexity index is 623. The Labute approximate surface area is 148 Å². The molecule has 0 aliphatic rings. The van der Waals surface area contributed by atoms with Crippen LogP contribution in [0.4, 0.5) is 5.69 Å².